The van der Waals surface area contributed by atoms with E-state index in [-0.39, 0.29) is 6.03 Å². The Hall–Kier alpha value is -2.53. The lowest BCUT2D eigenvalue weighted by Gasteiger charge is -2.27. The molecule has 1 aliphatic heterocycles. The van der Waals surface area contributed by atoms with E-state index in [1.54, 1.807) is 0 Å². The Kier molecular flexibility index (Phi) is 7.73. The molecule has 2 aromatic rings. The van der Waals surface area contributed by atoms with E-state index in [0.29, 0.717) is 0 Å². The van der Waals surface area contributed by atoms with Crippen LogP contribution in [0.3, 0.4) is 0 Å². The standard InChI is InChI=1S/C23H31N3O2/c1-19-6-12-22(13-7-19)28-18-4-2-3-5-20-8-10-21(11-9-20)25-23(27)26-16-14-24-15-17-26/h6-13,24H,2-5,14-18H2,1H3,(H,25,27). The first-order chi connectivity index (χ1) is 13.7. The highest BCUT2D eigenvalue weighted by atomic mass is 16.5. The Morgan fingerprint density at radius 2 is 1.71 bits per heavy atom. The number of rotatable bonds is 8. The topological polar surface area (TPSA) is 53.6 Å². The molecule has 0 bridgehead atoms. The second kappa shape index (κ2) is 10.7. The summed E-state index contributed by atoms with van der Waals surface area (Å²) in [5.41, 5.74) is 3.42. The van der Waals surface area contributed by atoms with Crippen molar-refractivity contribution in [3.63, 3.8) is 0 Å². The number of carbonyl (C=O) groups excluding carboxylic acids is 1. The maximum atomic E-state index is 12.2. The summed E-state index contributed by atoms with van der Waals surface area (Å²) in [6.45, 7) is 6.09. The van der Waals surface area contributed by atoms with E-state index in [4.69, 9.17) is 4.74 Å². The fourth-order valence-corrected chi connectivity index (χ4v) is 3.26. The molecule has 3 rings (SSSR count). The van der Waals surface area contributed by atoms with E-state index < -0.39 is 0 Å². The van der Waals surface area contributed by atoms with Gasteiger partial charge >= 0.3 is 6.03 Å². The van der Waals surface area contributed by atoms with Crippen LogP contribution in [-0.4, -0.2) is 43.7 Å². The van der Waals surface area contributed by atoms with Gasteiger partial charge in [0, 0.05) is 31.9 Å². The van der Waals surface area contributed by atoms with Gasteiger partial charge in [-0.15, -0.1) is 0 Å². The van der Waals surface area contributed by atoms with Crippen molar-refractivity contribution in [2.75, 3.05) is 38.1 Å². The van der Waals surface area contributed by atoms with Crippen LogP contribution in [0.25, 0.3) is 0 Å². The average molecular weight is 382 g/mol. The third kappa shape index (κ3) is 6.57. The molecule has 0 radical (unpaired) electrons. The van der Waals surface area contributed by atoms with Crippen LogP contribution in [0.1, 0.15) is 30.4 Å². The molecule has 2 aromatic carbocycles. The third-order valence-electron chi connectivity index (χ3n) is 5.01. The van der Waals surface area contributed by atoms with Gasteiger partial charge in [-0.05, 0) is 62.4 Å². The van der Waals surface area contributed by atoms with Crippen LogP contribution in [0, 0.1) is 6.92 Å². The largest absolute Gasteiger partial charge is 0.494 e. The SMILES string of the molecule is Cc1ccc(OCCCCCc2ccc(NC(=O)N3CCNCC3)cc2)cc1. The lowest BCUT2D eigenvalue weighted by molar-refractivity contribution is 0.204. The maximum absolute atomic E-state index is 12.2. The molecule has 150 valence electrons. The van der Waals surface area contributed by atoms with Gasteiger partial charge < -0.3 is 20.3 Å². The molecule has 0 aliphatic carbocycles. The molecule has 2 amide bonds. The van der Waals surface area contributed by atoms with Crippen molar-refractivity contribution >= 4 is 11.7 Å². The number of hydrogen-bond acceptors (Lipinski definition) is 3. The lowest BCUT2D eigenvalue weighted by atomic mass is 10.1. The van der Waals surface area contributed by atoms with Crippen molar-refractivity contribution in [3.05, 3.63) is 59.7 Å². The number of hydrogen-bond donors (Lipinski definition) is 2. The van der Waals surface area contributed by atoms with Gasteiger partial charge in [0.05, 0.1) is 6.61 Å². The molecule has 28 heavy (non-hydrogen) atoms. The molecule has 5 nitrogen and oxygen atoms in total. The van der Waals surface area contributed by atoms with Crippen molar-refractivity contribution in [3.8, 4) is 5.75 Å². The summed E-state index contributed by atoms with van der Waals surface area (Å²) in [6.07, 6.45) is 4.40. The molecule has 1 saturated heterocycles. The predicted octanol–water partition coefficient (Wildman–Crippen LogP) is 4.22. The molecule has 0 aromatic heterocycles. The Bertz CT molecular complexity index is 723. The number of aryl methyl sites for hydroxylation is 2. The number of benzene rings is 2. The van der Waals surface area contributed by atoms with Crippen molar-refractivity contribution in [1.82, 2.24) is 10.2 Å². The van der Waals surface area contributed by atoms with Gasteiger partial charge in [-0.2, -0.15) is 0 Å². The van der Waals surface area contributed by atoms with Gasteiger partial charge in [-0.3, -0.25) is 0 Å². The van der Waals surface area contributed by atoms with Crippen molar-refractivity contribution in [1.29, 1.82) is 0 Å². The van der Waals surface area contributed by atoms with Crippen molar-refractivity contribution in [2.45, 2.75) is 32.6 Å². The summed E-state index contributed by atoms with van der Waals surface area (Å²) < 4.78 is 5.77. The van der Waals surface area contributed by atoms with E-state index >= 15 is 0 Å². The molecule has 0 saturated carbocycles. The van der Waals surface area contributed by atoms with Crippen molar-refractivity contribution in [2.24, 2.45) is 0 Å². The van der Waals surface area contributed by atoms with Gasteiger partial charge in [0.2, 0.25) is 0 Å². The fraction of sp³-hybridized carbons (Fsp3) is 0.435. The maximum Gasteiger partial charge on any atom is 0.321 e. The molecule has 1 heterocycles. The molecule has 5 heteroatoms. The number of urea groups is 1. The summed E-state index contributed by atoms with van der Waals surface area (Å²) in [5.74, 6) is 0.948. The number of anilines is 1. The van der Waals surface area contributed by atoms with Gasteiger partial charge in [0.15, 0.2) is 0 Å². The zero-order valence-corrected chi connectivity index (χ0v) is 16.7. The second-order valence-corrected chi connectivity index (χ2v) is 7.34. The van der Waals surface area contributed by atoms with Crippen molar-refractivity contribution < 1.29 is 9.53 Å². The first kappa shape index (κ1) is 20.2. The summed E-state index contributed by atoms with van der Waals surface area (Å²) in [4.78, 5) is 14.1. The summed E-state index contributed by atoms with van der Waals surface area (Å²) in [5, 5.41) is 6.24. The number of carbonyl (C=O) groups is 1. The van der Waals surface area contributed by atoms with E-state index in [1.807, 2.05) is 29.2 Å². The highest BCUT2D eigenvalue weighted by Crippen LogP contribution is 2.15. The van der Waals surface area contributed by atoms with Crippen LogP contribution in [0.2, 0.25) is 0 Å². The first-order valence-corrected chi connectivity index (χ1v) is 10.3. The van der Waals surface area contributed by atoms with Crippen LogP contribution in [0.15, 0.2) is 48.5 Å². The number of ether oxygens (including phenoxy) is 1. The Labute approximate surface area is 168 Å². The number of nitrogens with one attached hydrogen (secondary N) is 2. The minimum absolute atomic E-state index is 0.0113. The first-order valence-electron chi connectivity index (χ1n) is 10.3. The Morgan fingerprint density at radius 1 is 1.00 bits per heavy atom. The molecule has 0 atom stereocenters. The zero-order chi connectivity index (χ0) is 19.6. The van der Waals surface area contributed by atoms with E-state index in [9.17, 15) is 4.79 Å². The van der Waals surface area contributed by atoms with Crippen LogP contribution < -0.4 is 15.4 Å². The van der Waals surface area contributed by atoms with Gasteiger partial charge in [0.1, 0.15) is 5.75 Å². The summed E-state index contributed by atoms with van der Waals surface area (Å²) >= 11 is 0. The van der Waals surface area contributed by atoms with E-state index in [2.05, 4.69) is 41.8 Å². The molecule has 2 N–H and O–H groups in total. The predicted molar refractivity (Wildman–Crippen MR) is 114 cm³/mol. The normalized spacial score (nSPS) is 14.0. The zero-order valence-electron chi connectivity index (χ0n) is 16.7. The Balaban J connectivity index is 1.30. The van der Waals surface area contributed by atoms with Gasteiger partial charge in [-0.1, -0.05) is 29.8 Å². The Morgan fingerprint density at radius 3 is 2.43 bits per heavy atom. The van der Waals surface area contributed by atoms with E-state index in [0.717, 1.165) is 69.9 Å². The average Bonchev–Trinajstić information content (AvgIpc) is 2.73. The monoisotopic (exact) mass is 381 g/mol. The quantitative estimate of drug-likeness (QED) is 0.673. The molecule has 0 spiro atoms. The number of unbranched alkanes of at least 4 members (excludes halogenated alkanes) is 2. The molecular weight excluding hydrogens is 350 g/mol. The summed E-state index contributed by atoms with van der Waals surface area (Å²) in [7, 11) is 0. The van der Waals surface area contributed by atoms with Crippen LogP contribution in [0.4, 0.5) is 10.5 Å². The minimum Gasteiger partial charge on any atom is -0.494 e. The number of piperazine rings is 1. The van der Waals surface area contributed by atoms with Gasteiger partial charge in [-0.25, -0.2) is 4.79 Å². The fourth-order valence-electron chi connectivity index (χ4n) is 3.26. The lowest BCUT2D eigenvalue weighted by Crippen LogP contribution is -2.48. The highest BCUT2D eigenvalue weighted by Gasteiger charge is 2.15. The van der Waals surface area contributed by atoms with Crippen LogP contribution in [-0.2, 0) is 6.42 Å². The second-order valence-electron chi connectivity index (χ2n) is 7.34. The highest BCUT2D eigenvalue weighted by molar-refractivity contribution is 5.89. The van der Waals surface area contributed by atoms with Crippen LogP contribution in [0.5, 0.6) is 5.75 Å². The number of nitrogens with zero attached hydrogens (tertiary/aromatic N) is 1. The molecular formula is C23H31N3O2. The third-order valence-corrected chi connectivity index (χ3v) is 5.01. The van der Waals surface area contributed by atoms with Crippen LogP contribution >= 0.6 is 0 Å². The van der Waals surface area contributed by atoms with E-state index in [1.165, 1.54) is 11.1 Å². The number of amides is 2. The molecule has 0 unspecified atom stereocenters. The molecule has 1 fully saturated rings. The van der Waals surface area contributed by atoms with Gasteiger partial charge in [0.25, 0.3) is 0 Å². The smallest absolute Gasteiger partial charge is 0.321 e. The summed E-state index contributed by atoms with van der Waals surface area (Å²) in [6, 6.07) is 16.4. The molecule has 1 aliphatic rings. The minimum atomic E-state index is -0.0113.